The minimum Gasteiger partial charge on any atom is -0.496 e. The molecule has 0 heterocycles. The van der Waals surface area contributed by atoms with E-state index in [1.807, 2.05) is 6.92 Å². The fourth-order valence-corrected chi connectivity index (χ4v) is 2.05. The monoisotopic (exact) mass is 292 g/mol. The Morgan fingerprint density at radius 3 is 2.56 bits per heavy atom. The van der Waals surface area contributed by atoms with E-state index in [-0.39, 0.29) is 22.8 Å². The Morgan fingerprint density at radius 2 is 2.06 bits per heavy atom. The molecule has 0 aliphatic carbocycles. The normalized spacial score (nSPS) is 11.1. The van der Waals surface area contributed by atoms with Crippen LogP contribution in [0.2, 0.25) is 0 Å². The second-order valence-electron chi connectivity index (χ2n) is 3.44. The molecule has 1 rings (SSSR count). The van der Waals surface area contributed by atoms with Crippen LogP contribution >= 0.6 is 10.7 Å². The Balaban J connectivity index is 3.18. The van der Waals surface area contributed by atoms with Crippen LogP contribution in [0.15, 0.2) is 23.1 Å². The van der Waals surface area contributed by atoms with Crippen LogP contribution in [0.3, 0.4) is 0 Å². The summed E-state index contributed by atoms with van der Waals surface area (Å²) in [6, 6.07) is 3.76. The molecule has 7 heteroatoms. The maximum atomic E-state index is 11.7. The van der Waals surface area contributed by atoms with Gasteiger partial charge in [0.1, 0.15) is 11.3 Å². The average Bonchev–Trinajstić information content (AvgIpc) is 2.34. The van der Waals surface area contributed by atoms with E-state index in [0.29, 0.717) is 6.42 Å². The maximum Gasteiger partial charge on any atom is 0.341 e. The third-order valence-corrected chi connectivity index (χ3v) is 3.46. The molecule has 0 bridgehead atoms. The minimum atomic E-state index is -3.90. The van der Waals surface area contributed by atoms with Crippen molar-refractivity contribution >= 4 is 25.7 Å². The van der Waals surface area contributed by atoms with Crippen molar-refractivity contribution in [2.75, 3.05) is 13.7 Å². The van der Waals surface area contributed by atoms with Gasteiger partial charge in [0.15, 0.2) is 0 Å². The molecule has 100 valence electrons. The van der Waals surface area contributed by atoms with Crippen molar-refractivity contribution in [2.45, 2.75) is 18.2 Å². The van der Waals surface area contributed by atoms with Crippen LogP contribution < -0.4 is 4.74 Å². The van der Waals surface area contributed by atoms with Gasteiger partial charge in [0.2, 0.25) is 0 Å². The Morgan fingerprint density at radius 1 is 1.39 bits per heavy atom. The predicted molar refractivity (Wildman–Crippen MR) is 66.6 cm³/mol. The summed E-state index contributed by atoms with van der Waals surface area (Å²) in [5, 5.41) is 0. The predicted octanol–water partition coefficient (Wildman–Crippen LogP) is 2.19. The smallest absolute Gasteiger partial charge is 0.341 e. The molecule has 0 aliphatic heterocycles. The summed E-state index contributed by atoms with van der Waals surface area (Å²) in [6.07, 6.45) is 0.668. The molecule has 0 amide bonds. The van der Waals surface area contributed by atoms with Crippen molar-refractivity contribution in [1.82, 2.24) is 0 Å². The lowest BCUT2D eigenvalue weighted by molar-refractivity contribution is 0.0501. The fourth-order valence-electron chi connectivity index (χ4n) is 1.27. The molecule has 5 nitrogen and oxygen atoms in total. The van der Waals surface area contributed by atoms with E-state index in [2.05, 4.69) is 0 Å². The molecule has 0 aliphatic rings. The summed E-state index contributed by atoms with van der Waals surface area (Å²) in [5.41, 5.74) is 0.0349. The molecular formula is C11H13ClO5S. The number of methoxy groups -OCH3 is 1. The van der Waals surface area contributed by atoms with Gasteiger partial charge in [0.05, 0.1) is 18.6 Å². The lowest BCUT2D eigenvalue weighted by Crippen LogP contribution is -2.08. The molecular weight excluding hydrogens is 280 g/mol. The molecule has 0 atom stereocenters. The Bertz CT molecular complexity index is 538. The average molecular weight is 293 g/mol. The van der Waals surface area contributed by atoms with Gasteiger partial charge in [-0.2, -0.15) is 0 Å². The molecule has 0 N–H and O–H groups in total. The highest BCUT2D eigenvalue weighted by Crippen LogP contribution is 2.25. The highest BCUT2D eigenvalue weighted by Gasteiger charge is 2.18. The van der Waals surface area contributed by atoms with Gasteiger partial charge in [0, 0.05) is 10.7 Å². The quantitative estimate of drug-likeness (QED) is 0.614. The lowest BCUT2D eigenvalue weighted by atomic mass is 10.2. The second kappa shape index (κ2) is 6.06. The Kier molecular flexibility index (Phi) is 4.98. The van der Waals surface area contributed by atoms with E-state index >= 15 is 0 Å². The van der Waals surface area contributed by atoms with Gasteiger partial charge >= 0.3 is 5.97 Å². The van der Waals surface area contributed by atoms with Crippen molar-refractivity contribution in [3.63, 3.8) is 0 Å². The maximum absolute atomic E-state index is 11.7. The zero-order valence-electron chi connectivity index (χ0n) is 9.97. The number of hydrogen-bond donors (Lipinski definition) is 0. The number of benzene rings is 1. The molecule has 1 aromatic rings. The third kappa shape index (κ3) is 3.61. The van der Waals surface area contributed by atoms with Crippen molar-refractivity contribution in [3.8, 4) is 5.75 Å². The number of rotatable bonds is 5. The first kappa shape index (κ1) is 14.8. The number of carbonyl (C=O) groups excluding carboxylic acids is 1. The van der Waals surface area contributed by atoms with Crippen molar-refractivity contribution in [3.05, 3.63) is 23.8 Å². The number of hydrogen-bond acceptors (Lipinski definition) is 5. The van der Waals surface area contributed by atoms with E-state index in [4.69, 9.17) is 20.2 Å². The molecule has 0 unspecified atom stereocenters. The Labute approximate surface area is 110 Å². The molecule has 0 saturated heterocycles. The van der Waals surface area contributed by atoms with Gasteiger partial charge in [0.25, 0.3) is 9.05 Å². The van der Waals surface area contributed by atoms with Crippen LogP contribution in [-0.2, 0) is 13.8 Å². The van der Waals surface area contributed by atoms with Gasteiger partial charge in [-0.15, -0.1) is 0 Å². The van der Waals surface area contributed by atoms with Crippen molar-refractivity contribution in [2.24, 2.45) is 0 Å². The molecule has 0 saturated carbocycles. The lowest BCUT2D eigenvalue weighted by Gasteiger charge is -2.09. The van der Waals surface area contributed by atoms with Crippen LogP contribution in [0.1, 0.15) is 23.7 Å². The third-order valence-electron chi connectivity index (χ3n) is 2.11. The van der Waals surface area contributed by atoms with Crippen LogP contribution in [0, 0.1) is 0 Å². The first-order valence-corrected chi connectivity index (χ1v) is 7.51. The van der Waals surface area contributed by atoms with E-state index in [1.165, 1.54) is 19.2 Å². The summed E-state index contributed by atoms with van der Waals surface area (Å²) < 4.78 is 32.3. The molecule has 0 spiro atoms. The molecule has 18 heavy (non-hydrogen) atoms. The van der Waals surface area contributed by atoms with Gasteiger partial charge in [-0.05, 0) is 24.6 Å². The Hall–Kier alpha value is -1.27. The van der Waals surface area contributed by atoms with Gasteiger partial charge in [-0.25, -0.2) is 13.2 Å². The van der Waals surface area contributed by atoms with Crippen molar-refractivity contribution < 1.29 is 22.7 Å². The van der Waals surface area contributed by atoms with E-state index in [0.717, 1.165) is 6.07 Å². The molecule has 0 aromatic heterocycles. The number of carbonyl (C=O) groups is 1. The van der Waals surface area contributed by atoms with Crippen LogP contribution in [-0.4, -0.2) is 28.1 Å². The van der Waals surface area contributed by atoms with E-state index in [1.54, 1.807) is 0 Å². The fraction of sp³-hybridized carbons (Fsp3) is 0.364. The largest absolute Gasteiger partial charge is 0.496 e. The van der Waals surface area contributed by atoms with E-state index < -0.39 is 15.0 Å². The summed E-state index contributed by atoms with van der Waals surface area (Å²) in [4.78, 5) is 11.5. The van der Waals surface area contributed by atoms with Crippen LogP contribution in [0.5, 0.6) is 5.75 Å². The summed E-state index contributed by atoms with van der Waals surface area (Å²) in [5.74, 6) is -0.406. The second-order valence-corrected chi connectivity index (χ2v) is 6.00. The van der Waals surface area contributed by atoms with Gasteiger partial charge in [-0.1, -0.05) is 6.92 Å². The molecule has 0 radical (unpaired) electrons. The molecule has 1 aromatic carbocycles. The topological polar surface area (TPSA) is 69.7 Å². The number of ether oxygens (including phenoxy) is 2. The van der Waals surface area contributed by atoms with E-state index in [9.17, 15) is 13.2 Å². The number of halogens is 1. The van der Waals surface area contributed by atoms with Crippen molar-refractivity contribution in [1.29, 1.82) is 0 Å². The summed E-state index contributed by atoms with van der Waals surface area (Å²) in [7, 11) is 2.69. The van der Waals surface area contributed by atoms with Crippen LogP contribution in [0.25, 0.3) is 0 Å². The standard InChI is InChI=1S/C11H13ClO5S/c1-3-6-17-11(13)9-7-8(18(12,14)15)4-5-10(9)16-2/h4-5,7H,3,6H2,1-2H3. The van der Waals surface area contributed by atoms with Crippen LogP contribution in [0.4, 0.5) is 0 Å². The molecule has 0 fully saturated rings. The van der Waals surface area contributed by atoms with Gasteiger partial charge in [-0.3, -0.25) is 0 Å². The zero-order chi connectivity index (χ0) is 13.8. The summed E-state index contributed by atoms with van der Waals surface area (Å²) >= 11 is 0. The first-order chi connectivity index (χ1) is 8.40. The highest BCUT2D eigenvalue weighted by molar-refractivity contribution is 8.13. The SMILES string of the molecule is CCCOC(=O)c1cc(S(=O)(=O)Cl)ccc1OC. The van der Waals surface area contributed by atoms with Gasteiger partial charge < -0.3 is 9.47 Å². The zero-order valence-corrected chi connectivity index (χ0v) is 11.5. The highest BCUT2D eigenvalue weighted by atomic mass is 35.7. The minimum absolute atomic E-state index is 0.0349. The first-order valence-electron chi connectivity index (χ1n) is 5.20. The number of esters is 1. The summed E-state index contributed by atoms with van der Waals surface area (Å²) in [6.45, 7) is 2.10.